The van der Waals surface area contributed by atoms with Gasteiger partial charge in [0.1, 0.15) is 0 Å². The van der Waals surface area contributed by atoms with Crippen LogP contribution in [0.1, 0.15) is 15.9 Å². The lowest BCUT2D eigenvalue weighted by Gasteiger charge is -2.10. The van der Waals surface area contributed by atoms with E-state index in [1.165, 1.54) is 5.56 Å². The van der Waals surface area contributed by atoms with Crippen molar-refractivity contribution in [2.75, 3.05) is 0 Å². The van der Waals surface area contributed by atoms with E-state index in [4.69, 9.17) is 0 Å². The summed E-state index contributed by atoms with van der Waals surface area (Å²) in [6.07, 6.45) is 1.63. The number of imidazole rings is 1. The summed E-state index contributed by atoms with van der Waals surface area (Å²) in [6, 6.07) is 15.7. The highest BCUT2D eigenvalue weighted by Crippen LogP contribution is 2.25. The molecule has 0 bridgehead atoms. The first-order valence-electron chi connectivity index (χ1n) is 7.63. The molecule has 24 heavy (non-hydrogen) atoms. The number of thiophene rings is 1. The van der Waals surface area contributed by atoms with Gasteiger partial charge in [-0.3, -0.25) is 4.79 Å². The molecule has 1 amide bonds. The topological polar surface area (TPSA) is 57.8 Å². The zero-order valence-corrected chi connectivity index (χ0v) is 13.6. The Morgan fingerprint density at radius 2 is 2.08 bits per heavy atom. The molecular formula is C19H15N3OS. The first-order chi connectivity index (χ1) is 11.8. The molecule has 0 spiro atoms. The summed E-state index contributed by atoms with van der Waals surface area (Å²) in [5, 5.41) is 7.18. The van der Waals surface area contributed by atoms with E-state index < -0.39 is 0 Å². The quantitative estimate of drug-likeness (QED) is 0.587. The fourth-order valence-electron chi connectivity index (χ4n) is 2.73. The molecule has 2 heterocycles. The maximum atomic E-state index is 12.4. The number of rotatable bonds is 4. The molecule has 0 aliphatic heterocycles. The fraction of sp³-hybridized carbons (Fsp3) is 0.0526. The molecule has 118 valence electrons. The van der Waals surface area contributed by atoms with Crippen molar-refractivity contribution in [3.63, 3.8) is 0 Å². The third-order valence-electron chi connectivity index (χ3n) is 3.97. The zero-order chi connectivity index (χ0) is 16.4. The van der Waals surface area contributed by atoms with E-state index in [0.29, 0.717) is 12.1 Å². The van der Waals surface area contributed by atoms with E-state index in [0.717, 1.165) is 22.2 Å². The fourth-order valence-corrected chi connectivity index (χ4v) is 3.38. The minimum Gasteiger partial charge on any atom is -0.348 e. The van der Waals surface area contributed by atoms with Gasteiger partial charge in [-0.05, 0) is 51.7 Å². The number of hydrogen-bond acceptors (Lipinski definition) is 3. The summed E-state index contributed by atoms with van der Waals surface area (Å²) in [4.78, 5) is 19.6. The van der Waals surface area contributed by atoms with Gasteiger partial charge >= 0.3 is 0 Å². The molecule has 0 atom stereocenters. The average molecular weight is 333 g/mol. The Bertz CT molecular complexity index is 989. The molecule has 2 aromatic carbocycles. The summed E-state index contributed by atoms with van der Waals surface area (Å²) in [6.45, 7) is 0.492. The molecule has 0 aliphatic carbocycles. The van der Waals surface area contributed by atoms with Crippen LogP contribution in [0.3, 0.4) is 0 Å². The van der Waals surface area contributed by atoms with E-state index in [9.17, 15) is 4.79 Å². The molecule has 0 saturated carbocycles. The Hall–Kier alpha value is -2.92. The number of H-pyrrole nitrogens is 1. The highest BCUT2D eigenvalue weighted by molar-refractivity contribution is 7.08. The second-order valence-electron chi connectivity index (χ2n) is 5.49. The van der Waals surface area contributed by atoms with Gasteiger partial charge in [-0.2, -0.15) is 11.3 Å². The number of hydrogen-bond donors (Lipinski definition) is 2. The second-order valence-corrected chi connectivity index (χ2v) is 6.27. The van der Waals surface area contributed by atoms with Crippen molar-refractivity contribution in [2.45, 2.75) is 6.54 Å². The van der Waals surface area contributed by atoms with Gasteiger partial charge < -0.3 is 10.3 Å². The van der Waals surface area contributed by atoms with Crippen molar-refractivity contribution in [3.8, 4) is 11.1 Å². The maximum absolute atomic E-state index is 12.4. The summed E-state index contributed by atoms with van der Waals surface area (Å²) in [5.41, 5.74) is 5.79. The van der Waals surface area contributed by atoms with Gasteiger partial charge in [0.15, 0.2) is 0 Å². The number of benzene rings is 2. The molecular weight excluding hydrogens is 318 g/mol. The smallest absolute Gasteiger partial charge is 0.251 e. The van der Waals surface area contributed by atoms with Crippen LogP contribution in [-0.4, -0.2) is 15.9 Å². The van der Waals surface area contributed by atoms with Gasteiger partial charge in [0.05, 0.1) is 17.4 Å². The van der Waals surface area contributed by atoms with Crippen LogP contribution in [0.2, 0.25) is 0 Å². The minimum atomic E-state index is -0.0911. The zero-order valence-electron chi connectivity index (χ0n) is 12.8. The minimum absolute atomic E-state index is 0.0911. The van der Waals surface area contributed by atoms with Crippen molar-refractivity contribution in [1.29, 1.82) is 0 Å². The van der Waals surface area contributed by atoms with Crippen LogP contribution < -0.4 is 5.32 Å². The Balaban J connectivity index is 1.53. The molecule has 4 rings (SSSR count). The first-order valence-corrected chi connectivity index (χ1v) is 8.57. The molecule has 0 radical (unpaired) electrons. The Labute approximate surface area is 143 Å². The van der Waals surface area contributed by atoms with Crippen molar-refractivity contribution in [3.05, 3.63) is 76.7 Å². The molecule has 0 aliphatic rings. The molecule has 5 heteroatoms. The van der Waals surface area contributed by atoms with Gasteiger partial charge in [-0.15, -0.1) is 0 Å². The van der Waals surface area contributed by atoms with Crippen molar-refractivity contribution < 1.29 is 4.79 Å². The van der Waals surface area contributed by atoms with Crippen LogP contribution in [0.5, 0.6) is 0 Å². The van der Waals surface area contributed by atoms with E-state index in [1.807, 2.05) is 30.3 Å². The molecule has 0 saturated heterocycles. The Morgan fingerprint density at radius 3 is 2.96 bits per heavy atom. The lowest BCUT2D eigenvalue weighted by molar-refractivity contribution is 0.0951. The van der Waals surface area contributed by atoms with Crippen LogP contribution in [0.4, 0.5) is 0 Å². The average Bonchev–Trinajstić information content (AvgIpc) is 3.30. The van der Waals surface area contributed by atoms with Crippen LogP contribution >= 0.6 is 11.3 Å². The predicted molar refractivity (Wildman–Crippen MR) is 97.0 cm³/mol. The van der Waals surface area contributed by atoms with Crippen molar-refractivity contribution in [2.24, 2.45) is 0 Å². The molecule has 0 fully saturated rings. The third kappa shape index (κ3) is 2.81. The van der Waals surface area contributed by atoms with Gasteiger partial charge in [-0.25, -0.2) is 4.98 Å². The molecule has 4 nitrogen and oxygen atoms in total. The third-order valence-corrected chi connectivity index (χ3v) is 4.65. The normalized spacial score (nSPS) is 10.8. The Kier molecular flexibility index (Phi) is 3.84. The lowest BCUT2D eigenvalue weighted by Crippen LogP contribution is -2.23. The highest BCUT2D eigenvalue weighted by Gasteiger charge is 2.09. The van der Waals surface area contributed by atoms with Crippen molar-refractivity contribution in [1.82, 2.24) is 15.3 Å². The molecule has 4 aromatic rings. The predicted octanol–water partition coefficient (Wildman–Crippen LogP) is 4.22. The summed E-state index contributed by atoms with van der Waals surface area (Å²) >= 11 is 1.67. The largest absolute Gasteiger partial charge is 0.348 e. The molecule has 2 N–H and O–H groups in total. The number of amides is 1. The highest BCUT2D eigenvalue weighted by atomic mass is 32.1. The number of nitrogens with zero attached hydrogens (tertiary/aromatic N) is 1. The van der Waals surface area contributed by atoms with Crippen molar-refractivity contribution >= 4 is 28.3 Å². The van der Waals surface area contributed by atoms with Crippen LogP contribution in [0, 0.1) is 0 Å². The lowest BCUT2D eigenvalue weighted by atomic mass is 10.0. The second kappa shape index (κ2) is 6.29. The van der Waals surface area contributed by atoms with E-state index in [2.05, 4.69) is 38.2 Å². The number of carbonyl (C=O) groups is 1. The SMILES string of the molecule is O=C(NCc1ccccc1-c1ccsc1)c1ccc2nc[nH]c2c1. The summed E-state index contributed by atoms with van der Waals surface area (Å²) in [7, 11) is 0. The molecule has 0 unspecified atom stereocenters. The van der Waals surface area contributed by atoms with Gasteiger partial charge in [0, 0.05) is 12.1 Å². The first kappa shape index (κ1) is 14.7. The van der Waals surface area contributed by atoms with Gasteiger partial charge in [0.25, 0.3) is 5.91 Å². The maximum Gasteiger partial charge on any atom is 0.251 e. The number of carbonyl (C=O) groups excluding carboxylic acids is 1. The number of aromatic nitrogens is 2. The summed E-state index contributed by atoms with van der Waals surface area (Å²) in [5.74, 6) is -0.0911. The number of aromatic amines is 1. The van der Waals surface area contributed by atoms with E-state index in [1.54, 1.807) is 23.7 Å². The standard InChI is InChI=1S/C19H15N3OS/c23-19(13-5-6-17-18(9-13)22-12-21-17)20-10-14-3-1-2-4-16(14)15-7-8-24-11-15/h1-9,11-12H,10H2,(H,20,23)(H,21,22). The monoisotopic (exact) mass is 333 g/mol. The van der Waals surface area contributed by atoms with Gasteiger partial charge in [-0.1, -0.05) is 24.3 Å². The molecule has 2 aromatic heterocycles. The number of nitrogens with one attached hydrogen (secondary N) is 2. The van der Waals surface area contributed by atoms with E-state index in [-0.39, 0.29) is 5.91 Å². The van der Waals surface area contributed by atoms with Crippen LogP contribution in [0.25, 0.3) is 22.2 Å². The Morgan fingerprint density at radius 1 is 1.17 bits per heavy atom. The van der Waals surface area contributed by atoms with Gasteiger partial charge in [0.2, 0.25) is 0 Å². The van der Waals surface area contributed by atoms with E-state index >= 15 is 0 Å². The van der Waals surface area contributed by atoms with Crippen LogP contribution in [0.15, 0.2) is 65.6 Å². The van der Waals surface area contributed by atoms with Crippen LogP contribution in [-0.2, 0) is 6.54 Å². The summed E-state index contributed by atoms with van der Waals surface area (Å²) < 4.78 is 0. The number of fused-ring (bicyclic) bond motifs is 1.